The molecule has 1 aromatic carbocycles. The lowest BCUT2D eigenvalue weighted by molar-refractivity contribution is 0.403. The summed E-state index contributed by atoms with van der Waals surface area (Å²) in [6, 6.07) is 14.8. The molecule has 1 unspecified atom stereocenters. The van der Waals surface area contributed by atoms with E-state index in [4.69, 9.17) is 4.74 Å². The summed E-state index contributed by atoms with van der Waals surface area (Å²) in [4.78, 5) is 4.40. The van der Waals surface area contributed by atoms with Crippen LogP contribution >= 0.6 is 0 Å². The maximum atomic E-state index is 5.45. The standard InChI is InChI=1S/C18H24N2O/c1-3-19-17(12-11-16-9-6-7-13-20-16)14-15-8-4-5-10-18(15)21-2/h4-10,13,17,19H,3,11-12,14H2,1-2H3. The second kappa shape index (κ2) is 8.42. The highest BCUT2D eigenvalue weighted by Gasteiger charge is 2.12. The molecule has 3 heteroatoms. The highest BCUT2D eigenvalue weighted by molar-refractivity contribution is 5.33. The number of pyridine rings is 1. The molecule has 0 radical (unpaired) electrons. The molecule has 0 bridgehead atoms. The highest BCUT2D eigenvalue weighted by atomic mass is 16.5. The van der Waals surface area contributed by atoms with E-state index in [0.29, 0.717) is 6.04 Å². The van der Waals surface area contributed by atoms with E-state index in [1.165, 1.54) is 5.56 Å². The Morgan fingerprint density at radius 2 is 1.95 bits per heavy atom. The van der Waals surface area contributed by atoms with Crippen LogP contribution in [0.15, 0.2) is 48.7 Å². The molecular formula is C18H24N2O. The van der Waals surface area contributed by atoms with E-state index >= 15 is 0 Å². The summed E-state index contributed by atoms with van der Waals surface area (Å²) in [5, 5.41) is 3.57. The first-order chi connectivity index (χ1) is 10.3. The van der Waals surface area contributed by atoms with Crippen molar-refractivity contribution in [3.05, 3.63) is 59.9 Å². The van der Waals surface area contributed by atoms with E-state index in [2.05, 4.69) is 35.4 Å². The van der Waals surface area contributed by atoms with E-state index < -0.39 is 0 Å². The summed E-state index contributed by atoms with van der Waals surface area (Å²) in [6.07, 6.45) is 4.90. The normalized spacial score (nSPS) is 12.1. The second-order valence-corrected chi connectivity index (χ2v) is 5.13. The average Bonchev–Trinajstić information content (AvgIpc) is 2.54. The molecule has 3 nitrogen and oxygen atoms in total. The first-order valence-corrected chi connectivity index (χ1v) is 7.58. The number of nitrogens with one attached hydrogen (secondary N) is 1. The zero-order valence-corrected chi connectivity index (χ0v) is 12.9. The lowest BCUT2D eigenvalue weighted by Crippen LogP contribution is -2.31. The molecule has 0 saturated carbocycles. The molecule has 1 N–H and O–H groups in total. The Balaban J connectivity index is 1.98. The molecule has 0 fully saturated rings. The minimum Gasteiger partial charge on any atom is -0.496 e. The van der Waals surface area contributed by atoms with E-state index in [1.807, 2.05) is 30.5 Å². The van der Waals surface area contributed by atoms with Crippen LogP contribution in [0.4, 0.5) is 0 Å². The van der Waals surface area contributed by atoms with Crippen molar-refractivity contribution in [1.82, 2.24) is 10.3 Å². The van der Waals surface area contributed by atoms with Crippen molar-refractivity contribution in [2.45, 2.75) is 32.2 Å². The highest BCUT2D eigenvalue weighted by Crippen LogP contribution is 2.20. The molecule has 0 saturated heterocycles. The number of hydrogen-bond donors (Lipinski definition) is 1. The van der Waals surface area contributed by atoms with Gasteiger partial charge in [-0.1, -0.05) is 31.2 Å². The maximum Gasteiger partial charge on any atom is 0.122 e. The van der Waals surface area contributed by atoms with Crippen LogP contribution in [0.1, 0.15) is 24.6 Å². The molecule has 0 aliphatic rings. The Labute approximate surface area is 127 Å². The van der Waals surface area contributed by atoms with Crippen LogP contribution in [0.3, 0.4) is 0 Å². The smallest absolute Gasteiger partial charge is 0.122 e. The summed E-state index contributed by atoms with van der Waals surface area (Å²) < 4.78 is 5.45. The lowest BCUT2D eigenvalue weighted by Gasteiger charge is -2.19. The van der Waals surface area contributed by atoms with Crippen molar-refractivity contribution < 1.29 is 4.74 Å². The molecule has 0 amide bonds. The Morgan fingerprint density at radius 1 is 1.14 bits per heavy atom. The summed E-state index contributed by atoms with van der Waals surface area (Å²) in [5.41, 5.74) is 2.41. The average molecular weight is 284 g/mol. The van der Waals surface area contributed by atoms with Crippen LogP contribution in [-0.2, 0) is 12.8 Å². The number of likely N-dealkylation sites (N-methyl/N-ethyl adjacent to an activating group) is 1. The fourth-order valence-corrected chi connectivity index (χ4v) is 2.57. The van der Waals surface area contributed by atoms with Crippen molar-refractivity contribution >= 4 is 0 Å². The molecule has 0 aliphatic carbocycles. The van der Waals surface area contributed by atoms with Crippen LogP contribution in [0, 0.1) is 0 Å². The molecular weight excluding hydrogens is 260 g/mol. The van der Waals surface area contributed by atoms with Crippen LogP contribution < -0.4 is 10.1 Å². The van der Waals surface area contributed by atoms with E-state index in [9.17, 15) is 0 Å². The fraction of sp³-hybridized carbons (Fsp3) is 0.389. The first kappa shape index (κ1) is 15.5. The predicted octanol–water partition coefficient (Wildman–Crippen LogP) is 3.24. The van der Waals surface area contributed by atoms with Gasteiger partial charge in [0.25, 0.3) is 0 Å². The number of aryl methyl sites for hydroxylation is 1. The zero-order valence-electron chi connectivity index (χ0n) is 12.9. The van der Waals surface area contributed by atoms with Crippen LogP contribution in [0.25, 0.3) is 0 Å². The van der Waals surface area contributed by atoms with Crippen LogP contribution in [0.2, 0.25) is 0 Å². The summed E-state index contributed by atoms with van der Waals surface area (Å²) >= 11 is 0. The van der Waals surface area contributed by atoms with Gasteiger partial charge in [-0.15, -0.1) is 0 Å². The third-order valence-electron chi connectivity index (χ3n) is 3.63. The number of hydrogen-bond acceptors (Lipinski definition) is 3. The van der Waals surface area contributed by atoms with Crippen LogP contribution in [-0.4, -0.2) is 24.7 Å². The van der Waals surface area contributed by atoms with Gasteiger partial charge in [-0.2, -0.15) is 0 Å². The van der Waals surface area contributed by atoms with Crippen molar-refractivity contribution in [2.24, 2.45) is 0 Å². The van der Waals surface area contributed by atoms with Gasteiger partial charge in [0.2, 0.25) is 0 Å². The van der Waals surface area contributed by atoms with Crippen LogP contribution in [0.5, 0.6) is 5.75 Å². The van der Waals surface area contributed by atoms with Crippen molar-refractivity contribution in [1.29, 1.82) is 0 Å². The molecule has 1 atom stereocenters. The summed E-state index contributed by atoms with van der Waals surface area (Å²) in [6.45, 7) is 3.12. The Hall–Kier alpha value is -1.87. The van der Waals surface area contributed by atoms with Gasteiger partial charge in [-0.25, -0.2) is 0 Å². The molecule has 1 heterocycles. The maximum absolute atomic E-state index is 5.45. The monoisotopic (exact) mass is 284 g/mol. The van der Waals surface area contributed by atoms with Crippen molar-refractivity contribution in [3.8, 4) is 5.75 Å². The molecule has 2 rings (SSSR count). The Morgan fingerprint density at radius 3 is 2.67 bits per heavy atom. The van der Waals surface area contributed by atoms with Crippen molar-refractivity contribution in [3.63, 3.8) is 0 Å². The fourth-order valence-electron chi connectivity index (χ4n) is 2.57. The molecule has 21 heavy (non-hydrogen) atoms. The second-order valence-electron chi connectivity index (χ2n) is 5.13. The largest absolute Gasteiger partial charge is 0.496 e. The van der Waals surface area contributed by atoms with Gasteiger partial charge in [0.1, 0.15) is 5.75 Å². The van der Waals surface area contributed by atoms with E-state index in [1.54, 1.807) is 7.11 Å². The molecule has 0 aliphatic heterocycles. The first-order valence-electron chi connectivity index (χ1n) is 7.58. The molecule has 1 aromatic heterocycles. The lowest BCUT2D eigenvalue weighted by atomic mass is 10.00. The van der Waals surface area contributed by atoms with Gasteiger partial charge in [-0.3, -0.25) is 4.98 Å². The van der Waals surface area contributed by atoms with Gasteiger partial charge in [-0.05, 0) is 49.6 Å². The van der Waals surface area contributed by atoms with Gasteiger partial charge in [0.05, 0.1) is 7.11 Å². The zero-order chi connectivity index (χ0) is 14.9. The third kappa shape index (κ3) is 4.87. The molecule has 2 aromatic rings. The minimum absolute atomic E-state index is 0.438. The quantitative estimate of drug-likeness (QED) is 0.808. The minimum atomic E-state index is 0.438. The van der Waals surface area contributed by atoms with Gasteiger partial charge in [0.15, 0.2) is 0 Å². The SMILES string of the molecule is CCNC(CCc1ccccn1)Cc1ccccc1OC. The topological polar surface area (TPSA) is 34.2 Å². The third-order valence-corrected chi connectivity index (χ3v) is 3.63. The summed E-state index contributed by atoms with van der Waals surface area (Å²) in [5.74, 6) is 0.971. The number of methoxy groups -OCH3 is 1. The number of nitrogens with zero attached hydrogens (tertiary/aromatic N) is 1. The van der Waals surface area contributed by atoms with Crippen molar-refractivity contribution in [2.75, 3.05) is 13.7 Å². The molecule has 112 valence electrons. The molecule has 0 spiro atoms. The van der Waals surface area contributed by atoms with Gasteiger partial charge >= 0.3 is 0 Å². The predicted molar refractivity (Wildman–Crippen MR) is 86.7 cm³/mol. The van der Waals surface area contributed by atoms with E-state index in [0.717, 1.165) is 37.3 Å². The number of ether oxygens (including phenoxy) is 1. The number of para-hydroxylation sites is 1. The number of benzene rings is 1. The summed E-state index contributed by atoms with van der Waals surface area (Å²) in [7, 11) is 1.73. The van der Waals surface area contributed by atoms with Gasteiger partial charge in [0, 0.05) is 17.9 Å². The Kier molecular flexibility index (Phi) is 6.22. The number of rotatable bonds is 8. The Bertz CT molecular complexity index is 528. The van der Waals surface area contributed by atoms with Gasteiger partial charge < -0.3 is 10.1 Å². The van der Waals surface area contributed by atoms with E-state index in [-0.39, 0.29) is 0 Å². The number of aromatic nitrogens is 1.